The van der Waals surface area contributed by atoms with Crippen molar-refractivity contribution in [3.8, 4) is 0 Å². The van der Waals surface area contributed by atoms with Crippen LogP contribution in [0.4, 0.5) is 0 Å². The molecule has 38 heavy (non-hydrogen) atoms. The van der Waals surface area contributed by atoms with E-state index in [2.05, 4.69) is 27.7 Å². The van der Waals surface area contributed by atoms with Gasteiger partial charge in [0.25, 0.3) is 0 Å². The second-order valence-electron chi connectivity index (χ2n) is 12.3. The van der Waals surface area contributed by atoms with Gasteiger partial charge in [0.05, 0.1) is 5.41 Å². The van der Waals surface area contributed by atoms with E-state index in [0.29, 0.717) is 18.3 Å². The fraction of sp³-hybridized carbons (Fsp3) is 0.941. The molecule has 0 radical (unpaired) electrons. The molecule has 2 N–H and O–H groups in total. The van der Waals surface area contributed by atoms with Crippen LogP contribution in [0.3, 0.4) is 0 Å². The number of hydrogen-bond donors (Lipinski definition) is 2. The third kappa shape index (κ3) is 19.1. The van der Waals surface area contributed by atoms with E-state index < -0.39 is 17.4 Å². The molecule has 0 saturated heterocycles. The first kappa shape index (κ1) is 36.9. The lowest BCUT2D eigenvalue weighted by atomic mass is 9.67. The number of rotatable bonds is 29. The molecule has 0 spiro atoms. The van der Waals surface area contributed by atoms with Gasteiger partial charge in [-0.3, -0.25) is 9.59 Å². The zero-order valence-corrected chi connectivity index (χ0v) is 26.0. The summed E-state index contributed by atoms with van der Waals surface area (Å²) in [6.45, 7) is 8.98. The van der Waals surface area contributed by atoms with Gasteiger partial charge < -0.3 is 10.2 Å². The van der Waals surface area contributed by atoms with Crippen LogP contribution < -0.4 is 0 Å². The number of hydrogen-bond acceptors (Lipinski definition) is 2. The first-order chi connectivity index (χ1) is 18.3. The number of carbonyl (C=O) groups is 2. The molecule has 0 saturated carbocycles. The summed E-state index contributed by atoms with van der Waals surface area (Å²) < 4.78 is 0. The maximum Gasteiger partial charge on any atom is 0.309 e. The topological polar surface area (TPSA) is 74.6 Å². The predicted octanol–water partition coefficient (Wildman–Crippen LogP) is 11.2. The molecule has 0 aliphatic carbocycles. The molecule has 0 bridgehead atoms. The predicted molar refractivity (Wildman–Crippen MR) is 163 cm³/mol. The monoisotopic (exact) mass is 538 g/mol. The Morgan fingerprint density at radius 1 is 0.553 bits per heavy atom. The van der Waals surface area contributed by atoms with Crippen molar-refractivity contribution < 1.29 is 19.8 Å². The maximum atomic E-state index is 12.8. The smallest absolute Gasteiger partial charge is 0.309 e. The summed E-state index contributed by atoms with van der Waals surface area (Å²) in [5.74, 6) is -0.116. The zero-order valence-electron chi connectivity index (χ0n) is 26.0. The SMILES string of the molecule is CCCCC(CC)CC(CCCCCCCCCCCCCCCC(=O)O)(CC(CC)CCCC)C(=O)O. The summed E-state index contributed by atoms with van der Waals surface area (Å²) in [4.78, 5) is 23.4. The van der Waals surface area contributed by atoms with E-state index in [-0.39, 0.29) is 0 Å². The summed E-state index contributed by atoms with van der Waals surface area (Å²) in [7, 11) is 0. The van der Waals surface area contributed by atoms with Crippen LogP contribution in [0.15, 0.2) is 0 Å². The number of carboxylic acids is 2. The van der Waals surface area contributed by atoms with Crippen LogP contribution in [0.25, 0.3) is 0 Å². The summed E-state index contributed by atoms with van der Waals surface area (Å²) in [6.07, 6.45) is 27.8. The Kier molecular flexibility index (Phi) is 24.2. The fourth-order valence-corrected chi connectivity index (χ4v) is 6.24. The van der Waals surface area contributed by atoms with Crippen molar-refractivity contribution in [2.24, 2.45) is 17.3 Å². The lowest BCUT2D eigenvalue weighted by Crippen LogP contribution is -2.36. The highest BCUT2D eigenvalue weighted by atomic mass is 16.4. The van der Waals surface area contributed by atoms with E-state index in [9.17, 15) is 14.7 Å². The van der Waals surface area contributed by atoms with E-state index in [1.165, 1.54) is 103 Å². The van der Waals surface area contributed by atoms with Crippen LogP contribution in [-0.2, 0) is 9.59 Å². The van der Waals surface area contributed by atoms with Gasteiger partial charge in [-0.15, -0.1) is 0 Å². The van der Waals surface area contributed by atoms with Gasteiger partial charge in [-0.1, -0.05) is 156 Å². The Labute approximate surface area is 237 Å². The van der Waals surface area contributed by atoms with Crippen molar-refractivity contribution in [1.29, 1.82) is 0 Å². The van der Waals surface area contributed by atoms with Crippen LogP contribution in [0.5, 0.6) is 0 Å². The van der Waals surface area contributed by atoms with Gasteiger partial charge in [0, 0.05) is 6.42 Å². The molecular formula is C34H66O4. The minimum Gasteiger partial charge on any atom is -0.481 e. The minimum atomic E-state index is -0.675. The van der Waals surface area contributed by atoms with E-state index >= 15 is 0 Å². The number of carboxylic acid groups (broad SMARTS) is 2. The maximum absolute atomic E-state index is 12.8. The van der Waals surface area contributed by atoms with E-state index in [0.717, 1.165) is 51.4 Å². The third-order valence-electron chi connectivity index (χ3n) is 8.95. The molecule has 0 aromatic carbocycles. The van der Waals surface area contributed by atoms with Gasteiger partial charge in [0.15, 0.2) is 0 Å². The van der Waals surface area contributed by atoms with Gasteiger partial charge >= 0.3 is 11.9 Å². The van der Waals surface area contributed by atoms with Crippen molar-refractivity contribution in [2.45, 2.75) is 188 Å². The molecule has 4 nitrogen and oxygen atoms in total. The zero-order chi connectivity index (χ0) is 28.5. The second kappa shape index (κ2) is 24.9. The molecule has 4 heteroatoms. The Bertz CT molecular complexity index is 541. The Morgan fingerprint density at radius 2 is 0.921 bits per heavy atom. The Hall–Kier alpha value is -1.06. The molecule has 0 amide bonds. The van der Waals surface area contributed by atoms with Gasteiger partial charge in [-0.25, -0.2) is 0 Å². The molecule has 2 unspecified atom stereocenters. The minimum absolute atomic E-state index is 0.313. The highest BCUT2D eigenvalue weighted by Crippen LogP contribution is 2.43. The van der Waals surface area contributed by atoms with E-state index in [1.54, 1.807) is 0 Å². The van der Waals surface area contributed by atoms with E-state index in [4.69, 9.17) is 5.11 Å². The average Bonchev–Trinajstić information content (AvgIpc) is 2.90. The van der Waals surface area contributed by atoms with Crippen molar-refractivity contribution in [3.05, 3.63) is 0 Å². The molecule has 0 rings (SSSR count). The summed E-state index contributed by atoms with van der Waals surface area (Å²) >= 11 is 0. The summed E-state index contributed by atoms with van der Waals surface area (Å²) in [5.41, 5.74) is -0.531. The lowest BCUT2D eigenvalue weighted by molar-refractivity contribution is -0.152. The van der Waals surface area contributed by atoms with Crippen LogP contribution in [0, 0.1) is 17.3 Å². The van der Waals surface area contributed by atoms with Crippen molar-refractivity contribution in [1.82, 2.24) is 0 Å². The molecule has 2 atom stereocenters. The molecule has 0 aromatic rings. The highest BCUT2D eigenvalue weighted by Gasteiger charge is 2.40. The first-order valence-electron chi connectivity index (χ1n) is 16.8. The molecule has 0 heterocycles. The largest absolute Gasteiger partial charge is 0.481 e. The Balaban J connectivity index is 4.45. The third-order valence-corrected chi connectivity index (χ3v) is 8.95. The first-order valence-corrected chi connectivity index (χ1v) is 16.8. The van der Waals surface area contributed by atoms with Gasteiger partial charge in [0.2, 0.25) is 0 Å². The van der Waals surface area contributed by atoms with Crippen LogP contribution >= 0.6 is 0 Å². The van der Waals surface area contributed by atoms with E-state index in [1.807, 2.05) is 0 Å². The van der Waals surface area contributed by atoms with Crippen molar-refractivity contribution in [2.75, 3.05) is 0 Å². The number of aliphatic carboxylic acids is 2. The lowest BCUT2D eigenvalue weighted by Gasteiger charge is -2.36. The highest BCUT2D eigenvalue weighted by molar-refractivity contribution is 5.74. The van der Waals surface area contributed by atoms with Crippen LogP contribution in [0.2, 0.25) is 0 Å². The summed E-state index contributed by atoms with van der Waals surface area (Å²) in [6, 6.07) is 0. The Morgan fingerprint density at radius 3 is 1.24 bits per heavy atom. The quantitative estimate of drug-likeness (QED) is 0.0928. The molecule has 0 aliphatic heterocycles. The number of unbranched alkanes of at least 4 members (excludes halogenated alkanes) is 14. The van der Waals surface area contributed by atoms with Crippen LogP contribution in [0.1, 0.15) is 188 Å². The summed E-state index contributed by atoms with van der Waals surface area (Å²) in [5, 5.41) is 19.2. The van der Waals surface area contributed by atoms with Gasteiger partial charge in [-0.05, 0) is 37.5 Å². The standard InChI is InChI=1S/C34H66O4/c1-5-9-24-30(7-3)28-34(33(37)38,29-31(8-4)25-10-6-2)27-23-21-19-17-15-13-11-12-14-16-18-20-22-26-32(35)36/h30-31H,5-29H2,1-4H3,(H,35,36)(H,37,38). The fourth-order valence-electron chi connectivity index (χ4n) is 6.24. The second-order valence-corrected chi connectivity index (χ2v) is 12.3. The molecule has 0 aromatic heterocycles. The van der Waals surface area contributed by atoms with Crippen LogP contribution in [-0.4, -0.2) is 22.2 Å². The molecule has 0 fully saturated rings. The van der Waals surface area contributed by atoms with Crippen molar-refractivity contribution >= 4 is 11.9 Å². The normalized spacial score (nSPS) is 14.7. The van der Waals surface area contributed by atoms with Crippen molar-refractivity contribution in [3.63, 3.8) is 0 Å². The average molecular weight is 539 g/mol. The molecule has 226 valence electrons. The van der Waals surface area contributed by atoms with Gasteiger partial charge in [-0.2, -0.15) is 0 Å². The molecular weight excluding hydrogens is 472 g/mol. The van der Waals surface area contributed by atoms with Gasteiger partial charge in [0.1, 0.15) is 0 Å². The molecule has 0 aliphatic rings.